The molecule has 0 unspecified atom stereocenters. The molecule has 0 spiro atoms. The summed E-state index contributed by atoms with van der Waals surface area (Å²) in [6, 6.07) is 16.9. The number of thiophene rings is 1. The quantitative estimate of drug-likeness (QED) is 0.160. The molecule has 10 nitrogen and oxygen atoms in total. The summed E-state index contributed by atoms with van der Waals surface area (Å²) >= 11 is 4.78. The van der Waals surface area contributed by atoms with E-state index in [1.807, 2.05) is 54.6 Å². The Morgan fingerprint density at radius 2 is 1.75 bits per heavy atom. The summed E-state index contributed by atoms with van der Waals surface area (Å²) in [7, 11) is 1.29. The Bertz CT molecular complexity index is 1760. The topological polar surface area (TPSA) is 120 Å². The minimum absolute atomic E-state index is 0.186. The van der Waals surface area contributed by atoms with E-state index in [-0.39, 0.29) is 16.7 Å². The van der Waals surface area contributed by atoms with Crippen molar-refractivity contribution >= 4 is 56.6 Å². The maximum atomic E-state index is 14.2. The number of anilines is 2. The number of aryl methyl sites for hydroxylation is 1. The molecule has 0 radical (unpaired) electrons. The highest BCUT2D eigenvalue weighted by Gasteiger charge is 2.29. The summed E-state index contributed by atoms with van der Waals surface area (Å²) in [5, 5.41) is 7.33. The second-order valence-electron chi connectivity index (χ2n) is 12.7. The second-order valence-corrected chi connectivity index (χ2v) is 14.5. The van der Waals surface area contributed by atoms with Crippen molar-refractivity contribution in [1.29, 1.82) is 0 Å². The molecule has 2 heterocycles. The molecule has 0 atom stereocenters. The fraction of sp³-hybridized carbons (Fsp3) is 0.389. The molecule has 2 aromatic carbocycles. The molecule has 0 saturated heterocycles. The Morgan fingerprint density at radius 3 is 2.44 bits per heavy atom. The van der Waals surface area contributed by atoms with Crippen LogP contribution in [-0.4, -0.2) is 49.0 Å². The summed E-state index contributed by atoms with van der Waals surface area (Å²) in [6.45, 7) is 7.22. The fourth-order valence-electron chi connectivity index (χ4n) is 5.68. The Balaban J connectivity index is 1.48. The van der Waals surface area contributed by atoms with E-state index in [1.54, 1.807) is 32.6 Å². The average molecular weight is 739 g/mol. The van der Waals surface area contributed by atoms with E-state index in [0.717, 1.165) is 36.8 Å². The zero-order chi connectivity index (χ0) is 34.4. The van der Waals surface area contributed by atoms with E-state index in [0.29, 0.717) is 44.6 Å². The summed E-state index contributed by atoms with van der Waals surface area (Å²) in [6.07, 6.45) is 5.55. The predicted molar refractivity (Wildman–Crippen MR) is 190 cm³/mol. The average Bonchev–Trinajstić information content (AvgIpc) is 3.60. The van der Waals surface area contributed by atoms with Crippen LogP contribution < -0.4 is 15.0 Å². The van der Waals surface area contributed by atoms with Crippen LogP contribution in [0, 0.1) is 12.8 Å². The largest absolute Gasteiger partial charge is 0.479 e. The number of esters is 2. The molecule has 4 aromatic rings. The molecule has 1 aliphatic rings. The Hall–Kier alpha value is -4.16. The molecular weight excluding hydrogens is 698 g/mol. The van der Waals surface area contributed by atoms with Gasteiger partial charge < -0.3 is 24.1 Å². The Morgan fingerprint density at radius 1 is 1.04 bits per heavy atom. The molecule has 2 amide bonds. The van der Waals surface area contributed by atoms with E-state index in [1.165, 1.54) is 24.9 Å². The number of nitrogens with zero attached hydrogens (tertiary/aromatic N) is 2. The number of ether oxygens (including phenoxy) is 3. The summed E-state index contributed by atoms with van der Waals surface area (Å²) in [4.78, 5) is 42.0. The SMILES string of the molecule is COC(=O)c1sc(-c2cccc(N(CC3CCCCC3)C(=O)Nc3c(-c4ccccc4)noc3C)c2)c(Br)c1OCC(=O)OC(C)(C)C. The van der Waals surface area contributed by atoms with Gasteiger partial charge in [0.2, 0.25) is 0 Å². The van der Waals surface area contributed by atoms with Crippen LogP contribution >= 0.6 is 27.3 Å². The third-order valence-electron chi connectivity index (χ3n) is 7.91. The van der Waals surface area contributed by atoms with Gasteiger partial charge in [-0.05, 0) is 80.1 Å². The van der Waals surface area contributed by atoms with Gasteiger partial charge in [-0.2, -0.15) is 0 Å². The minimum atomic E-state index is -0.686. The third-order valence-corrected chi connectivity index (χ3v) is 10.1. The smallest absolute Gasteiger partial charge is 0.351 e. The standard InChI is InChI=1S/C36H40BrN3O7S/c1-22-29(30(39-47-22)24-15-10-7-11-16-24)38-35(43)40(20-23-13-8-6-9-14-23)26-18-12-17-25(19-26)32-28(37)31(33(48-32)34(42)44-5)45-21-27(41)46-36(2,3)4/h7,10-12,15-19,23H,6,8-9,13-14,20-21H2,1-5H3,(H,38,43). The zero-order valence-corrected chi connectivity index (χ0v) is 30.2. The number of hydrogen-bond acceptors (Lipinski definition) is 9. The van der Waals surface area contributed by atoms with Gasteiger partial charge in [0.05, 0.1) is 16.5 Å². The number of carbonyl (C=O) groups is 3. The number of nitrogens with one attached hydrogen (secondary N) is 1. The van der Waals surface area contributed by atoms with E-state index >= 15 is 0 Å². The van der Waals surface area contributed by atoms with Crippen LogP contribution in [0.3, 0.4) is 0 Å². The minimum Gasteiger partial charge on any atom is -0.479 e. The van der Waals surface area contributed by atoms with Crippen LogP contribution in [0.4, 0.5) is 16.2 Å². The zero-order valence-electron chi connectivity index (χ0n) is 27.8. The highest BCUT2D eigenvalue weighted by Crippen LogP contribution is 2.46. The van der Waals surface area contributed by atoms with Crippen molar-refractivity contribution in [2.45, 2.75) is 65.4 Å². The number of hydrogen-bond donors (Lipinski definition) is 1. The van der Waals surface area contributed by atoms with Crippen LogP contribution in [-0.2, 0) is 14.3 Å². The number of methoxy groups -OCH3 is 1. The van der Waals surface area contributed by atoms with Crippen LogP contribution in [0.25, 0.3) is 21.7 Å². The van der Waals surface area contributed by atoms with Crippen molar-refractivity contribution < 1.29 is 33.1 Å². The summed E-state index contributed by atoms with van der Waals surface area (Å²) < 4.78 is 22.2. The van der Waals surface area contributed by atoms with Gasteiger partial charge in [0.25, 0.3) is 0 Å². The van der Waals surface area contributed by atoms with Crippen molar-refractivity contribution in [2.24, 2.45) is 5.92 Å². The van der Waals surface area contributed by atoms with Crippen molar-refractivity contribution in [1.82, 2.24) is 5.16 Å². The maximum Gasteiger partial charge on any atom is 0.351 e. The summed E-state index contributed by atoms with van der Waals surface area (Å²) in [5.41, 5.74) is 2.65. The van der Waals surface area contributed by atoms with E-state index < -0.39 is 24.1 Å². The highest BCUT2D eigenvalue weighted by molar-refractivity contribution is 9.10. The van der Waals surface area contributed by atoms with Crippen molar-refractivity contribution in [3.63, 3.8) is 0 Å². The first-order valence-corrected chi connectivity index (χ1v) is 17.5. The second kappa shape index (κ2) is 15.4. The lowest BCUT2D eigenvalue weighted by molar-refractivity contribution is -0.157. The van der Waals surface area contributed by atoms with Crippen molar-refractivity contribution in [3.8, 4) is 27.4 Å². The number of aromatic nitrogens is 1. The maximum absolute atomic E-state index is 14.2. The Labute approximate surface area is 292 Å². The van der Waals surface area contributed by atoms with Crippen molar-refractivity contribution in [3.05, 3.63) is 69.7 Å². The number of halogens is 1. The molecular formula is C36H40BrN3O7S. The van der Waals surface area contributed by atoms with Crippen LogP contribution in [0.5, 0.6) is 5.75 Å². The Kier molecular flexibility index (Phi) is 11.3. The predicted octanol–water partition coefficient (Wildman–Crippen LogP) is 9.27. The monoisotopic (exact) mass is 737 g/mol. The lowest BCUT2D eigenvalue weighted by Crippen LogP contribution is -2.39. The van der Waals surface area contributed by atoms with Gasteiger partial charge in [0.1, 0.15) is 17.0 Å². The molecule has 5 rings (SSSR count). The van der Waals surface area contributed by atoms with Gasteiger partial charge in [-0.1, -0.05) is 66.9 Å². The first-order valence-electron chi connectivity index (χ1n) is 15.9. The fourth-order valence-corrected chi connectivity index (χ4v) is 7.64. The molecule has 0 aliphatic heterocycles. The molecule has 1 N–H and O–H groups in total. The summed E-state index contributed by atoms with van der Waals surface area (Å²) in [5.74, 6) is -0.129. The van der Waals surface area contributed by atoms with E-state index in [4.69, 9.17) is 18.7 Å². The molecule has 2 aromatic heterocycles. The number of amides is 2. The van der Waals surface area contributed by atoms with Gasteiger partial charge >= 0.3 is 18.0 Å². The normalized spacial score (nSPS) is 13.5. The molecule has 254 valence electrons. The first-order chi connectivity index (χ1) is 22.9. The van der Waals surface area contributed by atoms with Gasteiger partial charge in [0, 0.05) is 17.8 Å². The molecule has 1 saturated carbocycles. The third kappa shape index (κ3) is 8.46. The van der Waals surface area contributed by atoms with Gasteiger partial charge in [-0.15, -0.1) is 11.3 Å². The number of benzene rings is 2. The van der Waals surface area contributed by atoms with Gasteiger partial charge in [-0.3, -0.25) is 4.90 Å². The first kappa shape index (κ1) is 35.2. The lowest BCUT2D eigenvalue weighted by atomic mass is 9.89. The highest BCUT2D eigenvalue weighted by atomic mass is 79.9. The lowest BCUT2D eigenvalue weighted by Gasteiger charge is -2.30. The molecule has 1 aliphatic carbocycles. The van der Waals surface area contributed by atoms with Gasteiger partial charge in [0.15, 0.2) is 23.0 Å². The molecule has 1 fully saturated rings. The molecule has 0 bridgehead atoms. The van der Waals surface area contributed by atoms with Crippen LogP contribution in [0.15, 0.2) is 63.6 Å². The van der Waals surface area contributed by atoms with Crippen molar-refractivity contribution in [2.75, 3.05) is 30.5 Å². The van der Waals surface area contributed by atoms with Crippen LogP contribution in [0.1, 0.15) is 68.3 Å². The molecule has 12 heteroatoms. The van der Waals surface area contributed by atoms with Gasteiger partial charge in [-0.25, -0.2) is 14.4 Å². The number of urea groups is 1. The van der Waals surface area contributed by atoms with E-state index in [2.05, 4.69) is 26.4 Å². The number of carbonyl (C=O) groups excluding carboxylic acids is 3. The van der Waals surface area contributed by atoms with Crippen LogP contribution in [0.2, 0.25) is 0 Å². The van der Waals surface area contributed by atoms with E-state index in [9.17, 15) is 14.4 Å². The molecule has 48 heavy (non-hydrogen) atoms. The number of rotatable bonds is 10.